The van der Waals surface area contributed by atoms with Crippen molar-refractivity contribution >= 4 is 28.3 Å². The summed E-state index contributed by atoms with van der Waals surface area (Å²) in [5, 5.41) is 14.9. The number of nitrogens with one attached hydrogen (secondary N) is 1. The summed E-state index contributed by atoms with van der Waals surface area (Å²) in [6.45, 7) is 7.90. The molecule has 0 unspecified atom stereocenters. The lowest BCUT2D eigenvalue weighted by Crippen LogP contribution is -2.16. The second-order valence-corrected chi connectivity index (χ2v) is 6.46. The van der Waals surface area contributed by atoms with Crippen molar-refractivity contribution in [1.82, 2.24) is 9.97 Å². The Labute approximate surface area is 121 Å². The van der Waals surface area contributed by atoms with Crippen LogP contribution in [0.3, 0.4) is 0 Å². The van der Waals surface area contributed by atoms with Gasteiger partial charge in [-0.1, -0.05) is 20.8 Å². The average molecular weight is 291 g/mol. The van der Waals surface area contributed by atoms with Crippen molar-refractivity contribution < 1.29 is 9.90 Å². The van der Waals surface area contributed by atoms with E-state index in [2.05, 4.69) is 15.3 Å². The Morgan fingerprint density at radius 2 is 2.00 bits per heavy atom. The van der Waals surface area contributed by atoms with Crippen LogP contribution in [0.4, 0.5) is 10.9 Å². The number of carboxylic acids is 1. The monoisotopic (exact) mass is 291 g/mol. The number of pyridine rings is 1. The van der Waals surface area contributed by atoms with Gasteiger partial charge in [0.1, 0.15) is 5.82 Å². The minimum absolute atomic E-state index is 0.222. The van der Waals surface area contributed by atoms with Crippen LogP contribution in [0.2, 0.25) is 0 Å². The second kappa shape index (κ2) is 5.20. The molecule has 0 aliphatic heterocycles. The van der Waals surface area contributed by atoms with Crippen LogP contribution in [0.1, 0.15) is 42.5 Å². The highest BCUT2D eigenvalue weighted by atomic mass is 32.1. The third-order valence-corrected chi connectivity index (χ3v) is 3.57. The van der Waals surface area contributed by atoms with Crippen LogP contribution in [0.25, 0.3) is 0 Å². The molecule has 2 aromatic heterocycles. The Balaban J connectivity index is 2.41. The number of aromatic carboxylic acids is 1. The molecule has 0 aliphatic carbocycles. The number of carbonyl (C=O) groups is 1. The Morgan fingerprint density at radius 3 is 2.50 bits per heavy atom. The van der Waals surface area contributed by atoms with Crippen molar-refractivity contribution in [2.75, 3.05) is 5.32 Å². The molecule has 0 aliphatic rings. The van der Waals surface area contributed by atoms with Crippen LogP contribution < -0.4 is 5.32 Å². The highest BCUT2D eigenvalue weighted by Gasteiger charge is 2.19. The van der Waals surface area contributed by atoms with Gasteiger partial charge in [-0.2, -0.15) is 0 Å². The first-order valence-electron chi connectivity index (χ1n) is 6.21. The van der Waals surface area contributed by atoms with Crippen LogP contribution in [0.15, 0.2) is 17.5 Å². The molecule has 5 nitrogen and oxygen atoms in total. The topological polar surface area (TPSA) is 75.1 Å². The molecular formula is C14H17N3O2S. The zero-order valence-corrected chi connectivity index (χ0v) is 12.7. The minimum Gasteiger partial charge on any atom is -0.478 e. The van der Waals surface area contributed by atoms with E-state index in [4.69, 9.17) is 0 Å². The molecule has 0 fully saturated rings. The normalized spacial score (nSPS) is 11.4. The number of rotatable bonds is 3. The predicted octanol–water partition coefficient (Wildman–Crippen LogP) is 3.59. The van der Waals surface area contributed by atoms with E-state index in [0.29, 0.717) is 10.9 Å². The van der Waals surface area contributed by atoms with Gasteiger partial charge in [0.05, 0.1) is 11.3 Å². The van der Waals surface area contributed by atoms with Gasteiger partial charge in [0.15, 0.2) is 5.13 Å². The van der Waals surface area contributed by atoms with Crippen molar-refractivity contribution in [3.05, 3.63) is 34.5 Å². The minimum atomic E-state index is -0.962. The molecule has 0 radical (unpaired) electrons. The van der Waals surface area contributed by atoms with E-state index in [0.717, 1.165) is 11.4 Å². The summed E-state index contributed by atoms with van der Waals surface area (Å²) in [5.41, 5.74) is 1.65. The Bertz CT molecular complexity index is 644. The zero-order valence-electron chi connectivity index (χ0n) is 11.9. The Hall–Kier alpha value is -1.95. The van der Waals surface area contributed by atoms with E-state index in [1.165, 1.54) is 17.4 Å². The summed E-state index contributed by atoms with van der Waals surface area (Å²) >= 11 is 1.46. The van der Waals surface area contributed by atoms with E-state index in [-0.39, 0.29) is 11.0 Å². The number of thiazole rings is 1. The van der Waals surface area contributed by atoms with E-state index < -0.39 is 5.97 Å². The molecule has 2 rings (SSSR count). The lowest BCUT2D eigenvalue weighted by molar-refractivity contribution is 0.0696. The Morgan fingerprint density at radius 1 is 1.30 bits per heavy atom. The average Bonchev–Trinajstić information content (AvgIpc) is 2.73. The predicted molar refractivity (Wildman–Crippen MR) is 80.0 cm³/mol. The molecular weight excluding hydrogens is 274 g/mol. The molecule has 0 atom stereocenters. The van der Waals surface area contributed by atoms with Crippen molar-refractivity contribution in [2.45, 2.75) is 33.1 Å². The highest BCUT2D eigenvalue weighted by Crippen LogP contribution is 2.26. The smallest absolute Gasteiger partial charge is 0.335 e. The summed E-state index contributed by atoms with van der Waals surface area (Å²) in [6.07, 6.45) is 0. The number of hydrogen-bond donors (Lipinski definition) is 2. The quantitative estimate of drug-likeness (QED) is 0.904. The molecule has 2 N–H and O–H groups in total. The first-order chi connectivity index (χ1) is 9.25. The van der Waals surface area contributed by atoms with Crippen molar-refractivity contribution in [3.8, 4) is 0 Å². The summed E-state index contributed by atoms with van der Waals surface area (Å²) in [4.78, 5) is 20.0. The lowest BCUT2D eigenvalue weighted by atomic mass is 9.91. The SMILES string of the molecule is Cc1csc(Nc2cc(C(=O)O)cc(C(C)(C)C)n2)n1. The fourth-order valence-corrected chi connectivity index (χ4v) is 2.32. The highest BCUT2D eigenvalue weighted by molar-refractivity contribution is 7.13. The first-order valence-corrected chi connectivity index (χ1v) is 7.09. The molecule has 0 saturated heterocycles. The van der Waals surface area contributed by atoms with Crippen LogP contribution in [0.5, 0.6) is 0 Å². The van der Waals surface area contributed by atoms with Crippen molar-refractivity contribution in [3.63, 3.8) is 0 Å². The maximum absolute atomic E-state index is 11.2. The number of aromatic nitrogens is 2. The van der Waals surface area contributed by atoms with Gasteiger partial charge in [-0.05, 0) is 19.1 Å². The number of carboxylic acid groups (broad SMARTS) is 1. The molecule has 6 heteroatoms. The van der Waals surface area contributed by atoms with Crippen molar-refractivity contribution in [1.29, 1.82) is 0 Å². The fraction of sp³-hybridized carbons (Fsp3) is 0.357. The summed E-state index contributed by atoms with van der Waals surface area (Å²) in [5.74, 6) is -0.458. The van der Waals surface area contributed by atoms with Crippen LogP contribution >= 0.6 is 11.3 Å². The van der Waals surface area contributed by atoms with Gasteiger partial charge >= 0.3 is 5.97 Å². The van der Waals surface area contributed by atoms with E-state index in [1.54, 1.807) is 6.07 Å². The number of aryl methyl sites for hydroxylation is 1. The van der Waals surface area contributed by atoms with Crippen LogP contribution in [-0.4, -0.2) is 21.0 Å². The third-order valence-electron chi connectivity index (χ3n) is 2.69. The van der Waals surface area contributed by atoms with Crippen molar-refractivity contribution in [2.24, 2.45) is 0 Å². The molecule has 20 heavy (non-hydrogen) atoms. The zero-order chi connectivity index (χ0) is 14.9. The largest absolute Gasteiger partial charge is 0.478 e. The van der Waals surface area contributed by atoms with E-state index in [9.17, 15) is 9.90 Å². The van der Waals surface area contributed by atoms with E-state index >= 15 is 0 Å². The number of nitrogens with zero attached hydrogens (tertiary/aromatic N) is 2. The molecule has 2 aromatic rings. The molecule has 0 amide bonds. The van der Waals surface area contributed by atoms with Crippen LogP contribution in [-0.2, 0) is 5.41 Å². The van der Waals surface area contributed by atoms with Gasteiger partial charge in [-0.3, -0.25) is 0 Å². The van der Waals surface area contributed by atoms with Gasteiger partial charge in [0.2, 0.25) is 0 Å². The van der Waals surface area contributed by atoms with E-state index in [1.807, 2.05) is 33.1 Å². The lowest BCUT2D eigenvalue weighted by Gasteiger charge is -2.19. The molecule has 0 aromatic carbocycles. The van der Waals surface area contributed by atoms with Crippen LogP contribution in [0, 0.1) is 6.92 Å². The van der Waals surface area contributed by atoms with Gasteiger partial charge in [-0.15, -0.1) is 11.3 Å². The molecule has 0 spiro atoms. The fourth-order valence-electron chi connectivity index (χ4n) is 1.62. The molecule has 2 heterocycles. The first kappa shape index (κ1) is 14.5. The Kier molecular flexibility index (Phi) is 3.76. The molecule has 106 valence electrons. The van der Waals surface area contributed by atoms with Gasteiger partial charge in [0, 0.05) is 16.5 Å². The number of hydrogen-bond acceptors (Lipinski definition) is 5. The summed E-state index contributed by atoms with van der Waals surface area (Å²) in [7, 11) is 0. The second-order valence-electron chi connectivity index (χ2n) is 5.60. The van der Waals surface area contributed by atoms with Gasteiger partial charge in [-0.25, -0.2) is 14.8 Å². The van der Waals surface area contributed by atoms with Gasteiger partial charge < -0.3 is 10.4 Å². The molecule has 0 saturated carbocycles. The summed E-state index contributed by atoms with van der Waals surface area (Å²) < 4.78 is 0. The van der Waals surface area contributed by atoms with Gasteiger partial charge in [0.25, 0.3) is 0 Å². The number of anilines is 2. The maximum Gasteiger partial charge on any atom is 0.335 e. The summed E-state index contributed by atoms with van der Waals surface area (Å²) in [6, 6.07) is 3.13. The molecule has 0 bridgehead atoms. The standard InChI is InChI=1S/C14H17N3O2S/c1-8-7-20-13(15-8)17-11-6-9(12(18)19)5-10(16-11)14(2,3)4/h5-7H,1-4H3,(H,18,19)(H,15,16,17). The third kappa shape index (κ3) is 3.33. The maximum atomic E-state index is 11.2.